The highest BCUT2D eigenvalue weighted by atomic mass is 16.5. The summed E-state index contributed by atoms with van der Waals surface area (Å²) in [6, 6.07) is 27.6. The number of pyridine rings is 1. The zero-order valence-electron chi connectivity index (χ0n) is 18.3. The van der Waals surface area contributed by atoms with E-state index < -0.39 is 0 Å². The van der Waals surface area contributed by atoms with Gasteiger partial charge in [0.05, 0.1) is 18.9 Å². The van der Waals surface area contributed by atoms with Gasteiger partial charge < -0.3 is 10.1 Å². The summed E-state index contributed by atoms with van der Waals surface area (Å²) >= 11 is 0. The zero-order valence-corrected chi connectivity index (χ0v) is 18.3. The van der Waals surface area contributed by atoms with Crippen molar-refractivity contribution in [3.05, 3.63) is 119 Å². The normalized spacial score (nSPS) is 10.7. The number of hydrogen-bond donors (Lipinski definition) is 1. The zero-order chi connectivity index (χ0) is 22.3. The SMILES string of the molecule is Cc1ccc(-c2cc(C)ccc2C(=O)Nc2ccc(COCc3ccccn3)cc2)cc1. The van der Waals surface area contributed by atoms with Crippen molar-refractivity contribution in [2.45, 2.75) is 27.1 Å². The molecule has 1 heterocycles. The number of benzene rings is 3. The second-order valence-electron chi connectivity index (χ2n) is 7.88. The van der Waals surface area contributed by atoms with Crippen molar-refractivity contribution in [3.63, 3.8) is 0 Å². The van der Waals surface area contributed by atoms with Crippen LogP contribution in [0.1, 0.15) is 32.7 Å². The van der Waals surface area contributed by atoms with Gasteiger partial charge >= 0.3 is 0 Å². The van der Waals surface area contributed by atoms with Crippen molar-refractivity contribution in [1.82, 2.24) is 4.98 Å². The van der Waals surface area contributed by atoms with E-state index in [9.17, 15) is 4.79 Å². The molecule has 32 heavy (non-hydrogen) atoms. The number of anilines is 1. The molecule has 1 amide bonds. The van der Waals surface area contributed by atoms with E-state index in [2.05, 4.69) is 47.6 Å². The van der Waals surface area contributed by atoms with E-state index in [0.29, 0.717) is 18.8 Å². The molecule has 0 aliphatic carbocycles. The number of carbonyl (C=O) groups is 1. The molecule has 0 fully saturated rings. The lowest BCUT2D eigenvalue weighted by Crippen LogP contribution is -2.13. The molecular weight excluding hydrogens is 396 g/mol. The van der Waals surface area contributed by atoms with Gasteiger partial charge in [-0.05, 0) is 60.9 Å². The predicted molar refractivity (Wildman–Crippen MR) is 128 cm³/mol. The van der Waals surface area contributed by atoms with Crippen LogP contribution in [0.3, 0.4) is 0 Å². The summed E-state index contributed by atoms with van der Waals surface area (Å²) in [5.74, 6) is -0.125. The second kappa shape index (κ2) is 10.0. The minimum atomic E-state index is -0.125. The minimum absolute atomic E-state index is 0.125. The van der Waals surface area contributed by atoms with Crippen molar-refractivity contribution in [2.24, 2.45) is 0 Å². The van der Waals surface area contributed by atoms with E-state index in [1.165, 1.54) is 5.56 Å². The van der Waals surface area contributed by atoms with Gasteiger partial charge in [0.15, 0.2) is 0 Å². The molecule has 4 rings (SSSR count). The topological polar surface area (TPSA) is 51.2 Å². The van der Waals surface area contributed by atoms with Crippen molar-refractivity contribution < 1.29 is 9.53 Å². The summed E-state index contributed by atoms with van der Waals surface area (Å²) in [6.07, 6.45) is 1.76. The fourth-order valence-electron chi connectivity index (χ4n) is 3.47. The van der Waals surface area contributed by atoms with E-state index in [1.54, 1.807) is 6.20 Å². The first kappa shape index (κ1) is 21.5. The molecule has 1 N–H and O–H groups in total. The maximum Gasteiger partial charge on any atom is 0.256 e. The van der Waals surface area contributed by atoms with E-state index in [1.807, 2.05) is 61.5 Å². The Morgan fingerprint density at radius 2 is 1.59 bits per heavy atom. The van der Waals surface area contributed by atoms with Crippen LogP contribution in [0.5, 0.6) is 0 Å². The van der Waals surface area contributed by atoms with Gasteiger partial charge in [-0.25, -0.2) is 0 Å². The lowest BCUT2D eigenvalue weighted by molar-refractivity contribution is 0.102. The fourth-order valence-corrected chi connectivity index (χ4v) is 3.47. The van der Waals surface area contributed by atoms with E-state index in [-0.39, 0.29) is 5.91 Å². The minimum Gasteiger partial charge on any atom is -0.370 e. The number of ether oxygens (including phenoxy) is 1. The molecule has 0 aliphatic rings. The number of carbonyl (C=O) groups excluding carboxylic acids is 1. The van der Waals surface area contributed by atoms with Crippen LogP contribution in [0.2, 0.25) is 0 Å². The van der Waals surface area contributed by atoms with Crippen LogP contribution >= 0.6 is 0 Å². The van der Waals surface area contributed by atoms with Crippen molar-refractivity contribution in [3.8, 4) is 11.1 Å². The molecule has 0 spiro atoms. The fraction of sp³-hybridized carbons (Fsp3) is 0.143. The molecule has 0 bridgehead atoms. The molecule has 3 aromatic carbocycles. The average molecular weight is 423 g/mol. The smallest absolute Gasteiger partial charge is 0.256 e. The third-order valence-electron chi connectivity index (χ3n) is 5.24. The molecule has 0 saturated carbocycles. The molecule has 4 aromatic rings. The Balaban J connectivity index is 1.42. The highest BCUT2D eigenvalue weighted by molar-refractivity contribution is 6.08. The van der Waals surface area contributed by atoms with Crippen LogP contribution in [0, 0.1) is 13.8 Å². The Morgan fingerprint density at radius 1 is 0.844 bits per heavy atom. The third-order valence-corrected chi connectivity index (χ3v) is 5.24. The van der Waals surface area contributed by atoms with Crippen LogP contribution in [-0.2, 0) is 18.0 Å². The van der Waals surface area contributed by atoms with Gasteiger partial charge in [0.2, 0.25) is 0 Å². The van der Waals surface area contributed by atoms with Gasteiger partial charge in [-0.2, -0.15) is 0 Å². The van der Waals surface area contributed by atoms with E-state index >= 15 is 0 Å². The lowest BCUT2D eigenvalue weighted by Gasteiger charge is -2.12. The van der Waals surface area contributed by atoms with Gasteiger partial charge in [0.25, 0.3) is 5.91 Å². The largest absolute Gasteiger partial charge is 0.370 e. The number of aryl methyl sites for hydroxylation is 2. The highest BCUT2D eigenvalue weighted by Gasteiger charge is 2.13. The van der Waals surface area contributed by atoms with E-state index in [0.717, 1.165) is 33.6 Å². The van der Waals surface area contributed by atoms with Crippen molar-refractivity contribution >= 4 is 11.6 Å². The van der Waals surface area contributed by atoms with Crippen LogP contribution in [0.4, 0.5) is 5.69 Å². The third kappa shape index (κ3) is 5.48. The number of aromatic nitrogens is 1. The van der Waals surface area contributed by atoms with Crippen LogP contribution in [0.25, 0.3) is 11.1 Å². The molecule has 0 unspecified atom stereocenters. The molecule has 1 aromatic heterocycles. The summed E-state index contributed by atoms with van der Waals surface area (Å²) in [4.78, 5) is 17.3. The molecular formula is C28H26N2O2. The van der Waals surface area contributed by atoms with Crippen LogP contribution in [-0.4, -0.2) is 10.9 Å². The predicted octanol–water partition coefficient (Wildman–Crippen LogP) is 6.33. The summed E-state index contributed by atoms with van der Waals surface area (Å²) in [7, 11) is 0. The van der Waals surface area contributed by atoms with E-state index in [4.69, 9.17) is 4.74 Å². The second-order valence-corrected chi connectivity index (χ2v) is 7.88. The quantitative estimate of drug-likeness (QED) is 0.378. The average Bonchev–Trinajstić information content (AvgIpc) is 2.81. The summed E-state index contributed by atoms with van der Waals surface area (Å²) in [6.45, 7) is 5.05. The number of nitrogens with one attached hydrogen (secondary N) is 1. The number of rotatable bonds is 7. The number of hydrogen-bond acceptors (Lipinski definition) is 3. The monoisotopic (exact) mass is 422 g/mol. The Kier molecular flexibility index (Phi) is 6.73. The first-order valence-corrected chi connectivity index (χ1v) is 10.6. The van der Waals surface area contributed by atoms with Crippen molar-refractivity contribution in [2.75, 3.05) is 5.32 Å². The van der Waals surface area contributed by atoms with Crippen molar-refractivity contribution in [1.29, 1.82) is 0 Å². The Bertz CT molecular complexity index is 1180. The van der Waals surface area contributed by atoms with Crippen LogP contribution < -0.4 is 5.32 Å². The molecule has 0 aliphatic heterocycles. The Morgan fingerprint density at radius 3 is 2.31 bits per heavy atom. The lowest BCUT2D eigenvalue weighted by atomic mass is 9.96. The first-order valence-electron chi connectivity index (χ1n) is 10.6. The molecule has 0 saturated heterocycles. The maximum atomic E-state index is 13.1. The number of nitrogens with zero attached hydrogens (tertiary/aromatic N) is 1. The molecule has 160 valence electrons. The Labute approximate surface area is 188 Å². The van der Waals surface area contributed by atoms with Gasteiger partial charge in [-0.3, -0.25) is 9.78 Å². The van der Waals surface area contributed by atoms with Gasteiger partial charge in [-0.1, -0.05) is 65.7 Å². The highest BCUT2D eigenvalue weighted by Crippen LogP contribution is 2.26. The molecule has 4 nitrogen and oxygen atoms in total. The standard InChI is InChI=1S/C28H26N2O2/c1-20-6-11-23(12-7-20)27-17-21(2)8-15-26(27)28(31)30-24-13-9-22(10-14-24)18-32-19-25-5-3-4-16-29-25/h3-17H,18-19H2,1-2H3,(H,30,31). The molecule has 0 radical (unpaired) electrons. The first-order chi connectivity index (χ1) is 15.6. The van der Waals surface area contributed by atoms with Gasteiger partial charge in [0, 0.05) is 17.4 Å². The summed E-state index contributed by atoms with van der Waals surface area (Å²) in [5.41, 5.74) is 7.62. The summed E-state index contributed by atoms with van der Waals surface area (Å²) in [5, 5.41) is 3.02. The molecule has 0 atom stereocenters. The summed E-state index contributed by atoms with van der Waals surface area (Å²) < 4.78 is 5.73. The maximum absolute atomic E-state index is 13.1. The molecule has 4 heteroatoms. The van der Waals surface area contributed by atoms with Gasteiger partial charge in [0.1, 0.15) is 0 Å². The Hall–Kier alpha value is -3.76. The van der Waals surface area contributed by atoms with Gasteiger partial charge in [-0.15, -0.1) is 0 Å². The number of amides is 1. The van der Waals surface area contributed by atoms with Crippen LogP contribution in [0.15, 0.2) is 91.1 Å².